The van der Waals surface area contributed by atoms with Crippen LogP contribution in [-0.4, -0.2) is 32.4 Å². The minimum absolute atomic E-state index is 0.0572. The van der Waals surface area contributed by atoms with E-state index in [1.807, 2.05) is 0 Å². The molecule has 1 saturated heterocycles. The van der Waals surface area contributed by atoms with Gasteiger partial charge in [-0.3, -0.25) is 0 Å². The molecule has 108 valence electrons. The van der Waals surface area contributed by atoms with Crippen molar-refractivity contribution in [3.63, 3.8) is 0 Å². The summed E-state index contributed by atoms with van der Waals surface area (Å²) in [4.78, 5) is 0.0572. The maximum atomic E-state index is 13.3. The van der Waals surface area contributed by atoms with Crippen LogP contribution in [0, 0.1) is 17.7 Å². The van der Waals surface area contributed by atoms with Crippen molar-refractivity contribution in [1.82, 2.24) is 4.31 Å². The van der Waals surface area contributed by atoms with Crippen molar-refractivity contribution < 1.29 is 12.8 Å². The summed E-state index contributed by atoms with van der Waals surface area (Å²) in [5.74, 6) is 4.70. The molecule has 0 unspecified atom stereocenters. The van der Waals surface area contributed by atoms with Crippen LogP contribution in [0.25, 0.3) is 0 Å². The Kier molecular flexibility index (Phi) is 4.76. The van der Waals surface area contributed by atoms with Crippen LogP contribution in [-0.2, 0) is 10.0 Å². The minimum atomic E-state index is -3.62. The van der Waals surface area contributed by atoms with Gasteiger partial charge in [0, 0.05) is 18.7 Å². The normalized spacial score (nSPS) is 16.5. The van der Waals surface area contributed by atoms with E-state index in [2.05, 4.69) is 11.8 Å². The van der Waals surface area contributed by atoms with Gasteiger partial charge in [-0.15, -0.1) is 0 Å². The molecule has 1 aliphatic rings. The quantitative estimate of drug-likeness (QED) is 0.837. The van der Waals surface area contributed by atoms with Crippen LogP contribution in [0.15, 0.2) is 23.1 Å². The molecule has 0 radical (unpaired) electrons. The third-order valence-electron chi connectivity index (χ3n) is 3.20. The zero-order chi connectivity index (χ0) is 14.6. The standard InChI is InChI=1S/C14H17FN2O2S/c15-13-6-7-14(12(11-13)5-4-8-16)20(18,19)17-9-2-1-3-10-17/h6-7,11H,1-3,8-10,16H2. The summed E-state index contributed by atoms with van der Waals surface area (Å²) in [7, 11) is -3.62. The molecule has 0 aliphatic carbocycles. The minimum Gasteiger partial charge on any atom is -0.320 e. The molecular weight excluding hydrogens is 279 g/mol. The number of rotatable bonds is 2. The first kappa shape index (κ1) is 15.0. The SMILES string of the molecule is NCC#Cc1cc(F)ccc1S(=O)(=O)N1CCCCC1. The Morgan fingerprint density at radius 1 is 1.25 bits per heavy atom. The average Bonchev–Trinajstić information content (AvgIpc) is 2.46. The Morgan fingerprint density at radius 2 is 1.95 bits per heavy atom. The molecule has 0 aromatic heterocycles. The Balaban J connectivity index is 2.45. The number of halogens is 1. The largest absolute Gasteiger partial charge is 0.320 e. The van der Waals surface area contributed by atoms with Gasteiger partial charge in [0.2, 0.25) is 10.0 Å². The van der Waals surface area contributed by atoms with E-state index in [0.717, 1.165) is 31.4 Å². The highest BCUT2D eigenvalue weighted by molar-refractivity contribution is 7.89. The summed E-state index contributed by atoms with van der Waals surface area (Å²) in [6, 6.07) is 3.56. The van der Waals surface area contributed by atoms with Gasteiger partial charge in [-0.2, -0.15) is 4.31 Å². The molecule has 1 aliphatic heterocycles. The third kappa shape index (κ3) is 3.18. The predicted molar refractivity (Wildman–Crippen MR) is 74.9 cm³/mol. The lowest BCUT2D eigenvalue weighted by Gasteiger charge is -2.26. The van der Waals surface area contributed by atoms with Crippen LogP contribution >= 0.6 is 0 Å². The lowest BCUT2D eigenvalue weighted by Crippen LogP contribution is -2.36. The van der Waals surface area contributed by atoms with E-state index in [0.29, 0.717) is 13.1 Å². The number of nitrogens with two attached hydrogens (primary N) is 1. The fraction of sp³-hybridized carbons (Fsp3) is 0.429. The molecule has 1 heterocycles. The Morgan fingerprint density at radius 3 is 2.60 bits per heavy atom. The van der Waals surface area contributed by atoms with Crippen molar-refractivity contribution in [1.29, 1.82) is 0 Å². The van der Waals surface area contributed by atoms with Gasteiger partial charge in [0.15, 0.2) is 0 Å². The first-order valence-electron chi connectivity index (χ1n) is 6.54. The number of nitrogens with zero attached hydrogens (tertiary/aromatic N) is 1. The van der Waals surface area contributed by atoms with Gasteiger partial charge in [0.1, 0.15) is 5.82 Å². The molecule has 0 amide bonds. The Bertz CT molecular complexity index is 641. The molecule has 1 fully saturated rings. The predicted octanol–water partition coefficient (Wildman–Crippen LogP) is 1.31. The number of hydrogen-bond acceptors (Lipinski definition) is 3. The molecular formula is C14H17FN2O2S. The number of piperidine rings is 1. The molecule has 20 heavy (non-hydrogen) atoms. The van der Waals surface area contributed by atoms with Crippen molar-refractivity contribution in [3.05, 3.63) is 29.6 Å². The average molecular weight is 296 g/mol. The highest BCUT2D eigenvalue weighted by Gasteiger charge is 2.27. The van der Waals surface area contributed by atoms with Gasteiger partial charge < -0.3 is 5.73 Å². The third-order valence-corrected chi connectivity index (χ3v) is 5.16. The number of benzene rings is 1. The van der Waals surface area contributed by atoms with Crippen molar-refractivity contribution in [2.24, 2.45) is 5.73 Å². The van der Waals surface area contributed by atoms with Crippen LogP contribution in [0.1, 0.15) is 24.8 Å². The molecule has 0 atom stereocenters. The van der Waals surface area contributed by atoms with Crippen molar-refractivity contribution in [2.45, 2.75) is 24.2 Å². The molecule has 0 bridgehead atoms. The Labute approximate surface area is 118 Å². The molecule has 4 nitrogen and oxygen atoms in total. The molecule has 0 spiro atoms. The maximum absolute atomic E-state index is 13.3. The second kappa shape index (κ2) is 6.35. The summed E-state index contributed by atoms with van der Waals surface area (Å²) in [5, 5.41) is 0. The van der Waals surface area contributed by atoms with Gasteiger partial charge in [0.05, 0.1) is 11.4 Å². The van der Waals surface area contributed by atoms with E-state index in [4.69, 9.17) is 5.73 Å². The van der Waals surface area contributed by atoms with Gasteiger partial charge >= 0.3 is 0 Å². The fourth-order valence-corrected chi connectivity index (χ4v) is 3.86. The van der Waals surface area contributed by atoms with Gasteiger partial charge in [0.25, 0.3) is 0 Å². The highest BCUT2D eigenvalue weighted by Crippen LogP contribution is 2.23. The summed E-state index contributed by atoms with van der Waals surface area (Å²) in [6.45, 7) is 1.10. The monoisotopic (exact) mass is 296 g/mol. The Hall–Kier alpha value is -1.42. The number of sulfonamides is 1. The van der Waals surface area contributed by atoms with E-state index >= 15 is 0 Å². The lowest BCUT2D eigenvalue weighted by atomic mass is 10.2. The molecule has 1 aromatic carbocycles. The van der Waals surface area contributed by atoms with Crippen molar-refractivity contribution >= 4 is 10.0 Å². The number of hydrogen-bond donors (Lipinski definition) is 1. The van der Waals surface area contributed by atoms with E-state index in [1.165, 1.54) is 10.4 Å². The molecule has 6 heteroatoms. The zero-order valence-electron chi connectivity index (χ0n) is 11.1. The molecule has 2 N–H and O–H groups in total. The fourth-order valence-electron chi connectivity index (χ4n) is 2.22. The highest BCUT2D eigenvalue weighted by atomic mass is 32.2. The van der Waals surface area contributed by atoms with E-state index in [-0.39, 0.29) is 17.0 Å². The van der Waals surface area contributed by atoms with Gasteiger partial charge in [-0.1, -0.05) is 18.3 Å². The summed E-state index contributed by atoms with van der Waals surface area (Å²) in [6.07, 6.45) is 2.74. The first-order valence-corrected chi connectivity index (χ1v) is 7.98. The van der Waals surface area contributed by atoms with Crippen LogP contribution in [0.2, 0.25) is 0 Å². The van der Waals surface area contributed by atoms with Crippen LogP contribution in [0.3, 0.4) is 0 Å². The molecule has 2 rings (SSSR count). The van der Waals surface area contributed by atoms with Crippen LogP contribution in [0.5, 0.6) is 0 Å². The first-order chi connectivity index (χ1) is 9.55. The van der Waals surface area contributed by atoms with Gasteiger partial charge in [-0.25, -0.2) is 12.8 Å². The van der Waals surface area contributed by atoms with E-state index in [9.17, 15) is 12.8 Å². The van der Waals surface area contributed by atoms with E-state index < -0.39 is 15.8 Å². The van der Waals surface area contributed by atoms with Crippen molar-refractivity contribution in [3.8, 4) is 11.8 Å². The summed E-state index contributed by atoms with van der Waals surface area (Å²) < 4.78 is 39.9. The van der Waals surface area contributed by atoms with Crippen LogP contribution < -0.4 is 5.73 Å². The zero-order valence-corrected chi connectivity index (χ0v) is 11.9. The summed E-state index contributed by atoms with van der Waals surface area (Å²) in [5.41, 5.74) is 5.46. The van der Waals surface area contributed by atoms with Crippen molar-refractivity contribution in [2.75, 3.05) is 19.6 Å². The summed E-state index contributed by atoms with van der Waals surface area (Å²) >= 11 is 0. The maximum Gasteiger partial charge on any atom is 0.244 e. The topological polar surface area (TPSA) is 63.4 Å². The second-order valence-electron chi connectivity index (χ2n) is 4.61. The molecule has 0 saturated carbocycles. The molecule has 1 aromatic rings. The van der Waals surface area contributed by atoms with Gasteiger partial charge in [-0.05, 0) is 31.0 Å². The second-order valence-corrected chi connectivity index (χ2v) is 6.52. The lowest BCUT2D eigenvalue weighted by molar-refractivity contribution is 0.346. The van der Waals surface area contributed by atoms with Crippen LogP contribution in [0.4, 0.5) is 4.39 Å². The smallest absolute Gasteiger partial charge is 0.244 e. The van der Waals surface area contributed by atoms with E-state index in [1.54, 1.807) is 0 Å².